The third-order valence-corrected chi connectivity index (χ3v) is 6.81. The quantitative estimate of drug-likeness (QED) is 0.365. The summed E-state index contributed by atoms with van der Waals surface area (Å²) in [5, 5.41) is 0. The lowest BCUT2D eigenvalue weighted by Gasteiger charge is -2.05. The number of methoxy groups -OCH3 is 1. The van der Waals surface area contributed by atoms with Crippen LogP contribution in [0, 0.1) is 0 Å². The number of hydrogen-bond donors (Lipinski definition) is 0. The summed E-state index contributed by atoms with van der Waals surface area (Å²) in [5.74, 6) is -0.330. The maximum Gasteiger partial charge on any atom is 0.325 e. The molecule has 3 aromatic rings. The Kier molecular flexibility index (Phi) is 7.47. The SMILES string of the molecule is CCCCOc1ccc(C(=O)N=c2sc3cc(S(C)(=O)=O)ccc3n2CC(=O)OC)cc1. The van der Waals surface area contributed by atoms with E-state index in [1.165, 1.54) is 23.8 Å². The van der Waals surface area contributed by atoms with Crippen LogP contribution in [-0.2, 0) is 25.9 Å². The van der Waals surface area contributed by atoms with Crippen molar-refractivity contribution in [3.63, 3.8) is 0 Å². The van der Waals surface area contributed by atoms with Gasteiger partial charge in [0.15, 0.2) is 14.6 Å². The van der Waals surface area contributed by atoms with Gasteiger partial charge >= 0.3 is 5.97 Å². The molecule has 8 nitrogen and oxygen atoms in total. The Bertz CT molecular complexity index is 1300. The summed E-state index contributed by atoms with van der Waals surface area (Å²) in [5.41, 5.74) is 0.950. The average molecular weight is 477 g/mol. The van der Waals surface area contributed by atoms with Gasteiger partial charge in [0.25, 0.3) is 5.91 Å². The molecule has 2 aromatic carbocycles. The van der Waals surface area contributed by atoms with Crippen molar-refractivity contribution in [2.75, 3.05) is 20.0 Å². The molecule has 1 amide bonds. The summed E-state index contributed by atoms with van der Waals surface area (Å²) in [6.45, 7) is 2.53. The summed E-state index contributed by atoms with van der Waals surface area (Å²) in [4.78, 5) is 29.3. The van der Waals surface area contributed by atoms with Gasteiger partial charge in [0.1, 0.15) is 12.3 Å². The smallest absolute Gasteiger partial charge is 0.325 e. The van der Waals surface area contributed by atoms with Crippen LogP contribution in [0.1, 0.15) is 30.1 Å². The van der Waals surface area contributed by atoms with Gasteiger partial charge in [0.2, 0.25) is 0 Å². The standard InChI is InChI=1S/C22H24N2O6S2/c1-4-5-12-30-16-8-6-15(7-9-16)21(26)23-22-24(14-20(25)29-2)18-11-10-17(32(3,27)28)13-19(18)31-22/h6-11,13H,4-5,12,14H2,1-3H3. The van der Waals surface area contributed by atoms with Gasteiger partial charge in [-0.15, -0.1) is 0 Å². The molecule has 170 valence electrons. The van der Waals surface area contributed by atoms with Crippen LogP contribution in [0.2, 0.25) is 0 Å². The molecule has 0 aliphatic rings. The fraction of sp³-hybridized carbons (Fsp3) is 0.318. The summed E-state index contributed by atoms with van der Waals surface area (Å²) in [6.07, 6.45) is 3.10. The molecule has 3 rings (SSSR count). The monoisotopic (exact) mass is 476 g/mol. The van der Waals surface area contributed by atoms with Gasteiger partial charge in [-0.25, -0.2) is 8.42 Å². The molecule has 0 aliphatic heterocycles. The van der Waals surface area contributed by atoms with Crippen molar-refractivity contribution in [2.24, 2.45) is 4.99 Å². The lowest BCUT2D eigenvalue weighted by molar-refractivity contribution is -0.141. The molecule has 0 saturated heterocycles. The van der Waals surface area contributed by atoms with Gasteiger partial charge in [-0.1, -0.05) is 24.7 Å². The predicted molar refractivity (Wildman–Crippen MR) is 122 cm³/mol. The number of esters is 1. The number of sulfone groups is 1. The molecule has 10 heteroatoms. The number of ether oxygens (including phenoxy) is 2. The van der Waals surface area contributed by atoms with E-state index in [4.69, 9.17) is 9.47 Å². The number of rotatable bonds is 8. The van der Waals surface area contributed by atoms with E-state index in [1.807, 2.05) is 0 Å². The lowest BCUT2D eigenvalue weighted by Crippen LogP contribution is -2.22. The number of fused-ring (bicyclic) bond motifs is 1. The summed E-state index contributed by atoms with van der Waals surface area (Å²) < 4.78 is 36.3. The molecule has 32 heavy (non-hydrogen) atoms. The minimum Gasteiger partial charge on any atom is -0.494 e. The highest BCUT2D eigenvalue weighted by Crippen LogP contribution is 2.22. The molecule has 0 bridgehead atoms. The Morgan fingerprint density at radius 2 is 1.84 bits per heavy atom. The van der Waals surface area contributed by atoms with Crippen LogP contribution >= 0.6 is 11.3 Å². The van der Waals surface area contributed by atoms with Crippen LogP contribution < -0.4 is 9.54 Å². The second kappa shape index (κ2) is 10.1. The summed E-state index contributed by atoms with van der Waals surface area (Å²) in [7, 11) is -2.14. The van der Waals surface area contributed by atoms with Crippen LogP contribution in [0.3, 0.4) is 0 Å². The van der Waals surface area contributed by atoms with E-state index in [0.29, 0.717) is 28.1 Å². The third kappa shape index (κ3) is 5.63. The van der Waals surface area contributed by atoms with Gasteiger partial charge in [0, 0.05) is 11.8 Å². The number of benzene rings is 2. The third-order valence-electron chi connectivity index (χ3n) is 4.66. The van der Waals surface area contributed by atoms with Crippen LogP contribution in [0.4, 0.5) is 0 Å². The number of hydrogen-bond acceptors (Lipinski definition) is 7. The number of amides is 1. The molecular formula is C22H24N2O6S2. The first-order valence-corrected chi connectivity index (χ1v) is 12.7. The lowest BCUT2D eigenvalue weighted by atomic mass is 10.2. The Morgan fingerprint density at radius 1 is 1.12 bits per heavy atom. The largest absolute Gasteiger partial charge is 0.494 e. The second-order valence-electron chi connectivity index (χ2n) is 7.09. The Labute approximate surface area is 190 Å². The first kappa shape index (κ1) is 23.7. The van der Waals surface area contributed by atoms with Crippen molar-refractivity contribution in [3.8, 4) is 5.75 Å². The summed E-state index contributed by atoms with van der Waals surface area (Å²) >= 11 is 1.12. The van der Waals surface area contributed by atoms with E-state index in [-0.39, 0.29) is 16.2 Å². The number of thiazole rings is 1. The average Bonchev–Trinajstić information content (AvgIpc) is 3.09. The summed E-state index contributed by atoms with van der Waals surface area (Å²) in [6, 6.07) is 11.3. The van der Waals surface area contributed by atoms with Gasteiger partial charge < -0.3 is 14.0 Å². The van der Waals surface area contributed by atoms with Crippen molar-refractivity contribution < 1.29 is 27.5 Å². The molecule has 0 unspecified atom stereocenters. The van der Waals surface area contributed by atoms with Gasteiger partial charge in [-0.3, -0.25) is 9.59 Å². The van der Waals surface area contributed by atoms with Crippen LogP contribution in [0.5, 0.6) is 5.75 Å². The highest BCUT2D eigenvalue weighted by atomic mass is 32.2. The van der Waals surface area contributed by atoms with E-state index in [9.17, 15) is 18.0 Å². The minimum absolute atomic E-state index is 0.146. The Hall–Kier alpha value is -2.98. The van der Waals surface area contributed by atoms with Gasteiger partial charge in [-0.2, -0.15) is 4.99 Å². The van der Waals surface area contributed by atoms with E-state index < -0.39 is 21.7 Å². The Morgan fingerprint density at radius 3 is 2.47 bits per heavy atom. The number of nitrogens with zero attached hydrogens (tertiary/aromatic N) is 2. The number of unbranched alkanes of at least 4 members (excludes halogenated alkanes) is 1. The minimum atomic E-state index is -3.41. The molecule has 0 aliphatic carbocycles. The number of carbonyl (C=O) groups is 2. The van der Waals surface area contributed by atoms with E-state index in [1.54, 1.807) is 30.3 Å². The molecule has 1 heterocycles. The van der Waals surface area contributed by atoms with Crippen LogP contribution in [0.15, 0.2) is 52.4 Å². The fourth-order valence-corrected chi connectivity index (χ4v) is 4.68. The molecule has 0 spiro atoms. The molecule has 1 aromatic heterocycles. The first-order chi connectivity index (χ1) is 15.2. The van der Waals surface area contributed by atoms with Crippen LogP contribution in [0.25, 0.3) is 10.2 Å². The molecule has 0 N–H and O–H groups in total. The number of aromatic nitrogens is 1. The van der Waals surface area contributed by atoms with E-state index >= 15 is 0 Å². The molecule has 0 atom stereocenters. The highest BCUT2D eigenvalue weighted by molar-refractivity contribution is 7.90. The van der Waals surface area contributed by atoms with Gasteiger partial charge in [-0.05, 0) is 48.9 Å². The van der Waals surface area contributed by atoms with Gasteiger partial charge in [0.05, 0.1) is 28.8 Å². The second-order valence-corrected chi connectivity index (χ2v) is 10.1. The van der Waals surface area contributed by atoms with Crippen molar-refractivity contribution in [1.29, 1.82) is 0 Å². The zero-order valence-corrected chi connectivity index (χ0v) is 19.7. The maximum absolute atomic E-state index is 12.8. The fourth-order valence-electron chi connectivity index (χ4n) is 2.90. The molecule has 0 fully saturated rings. The van der Waals surface area contributed by atoms with E-state index in [2.05, 4.69) is 11.9 Å². The van der Waals surface area contributed by atoms with E-state index in [0.717, 1.165) is 30.4 Å². The van der Waals surface area contributed by atoms with Crippen LogP contribution in [-0.4, -0.2) is 44.8 Å². The molecular weight excluding hydrogens is 452 g/mol. The molecule has 0 radical (unpaired) electrons. The predicted octanol–water partition coefficient (Wildman–Crippen LogP) is 3.20. The zero-order chi connectivity index (χ0) is 23.3. The van der Waals surface area contributed by atoms with Crippen molar-refractivity contribution in [3.05, 3.63) is 52.8 Å². The zero-order valence-electron chi connectivity index (χ0n) is 18.0. The topological polar surface area (TPSA) is 104 Å². The Balaban J connectivity index is 2.00. The van der Waals surface area contributed by atoms with Crippen molar-refractivity contribution >= 4 is 43.3 Å². The maximum atomic E-state index is 12.8. The van der Waals surface area contributed by atoms with Crippen molar-refractivity contribution in [1.82, 2.24) is 4.57 Å². The molecule has 0 saturated carbocycles. The van der Waals surface area contributed by atoms with Crippen molar-refractivity contribution in [2.45, 2.75) is 31.2 Å². The number of carbonyl (C=O) groups excluding carboxylic acids is 2. The first-order valence-electron chi connectivity index (χ1n) is 9.95. The highest BCUT2D eigenvalue weighted by Gasteiger charge is 2.15. The normalized spacial score (nSPS) is 12.2.